The Labute approximate surface area is 106 Å². The minimum atomic E-state index is -0.388. The fourth-order valence-electron chi connectivity index (χ4n) is 2.42. The molecule has 92 valence electrons. The number of nitrogens with one attached hydrogen (secondary N) is 1. The molecule has 18 heavy (non-hydrogen) atoms. The predicted molar refractivity (Wildman–Crippen MR) is 72.6 cm³/mol. The lowest BCUT2D eigenvalue weighted by Crippen LogP contribution is -1.95. The summed E-state index contributed by atoms with van der Waals surface area (Å²) in [5.74, 6) is -0.388. The van der Waals surface area contributed by atoms with Gasteiger partial charge in [-0.15, -0.1) is 0 Å². The van der Waals surface area contributed by atoms with Gasteiger partial charge in [0.1, 0.15) is 5.82 Å². The lowest BCUT2D eigenvalue weighted by Gasteiger charge is -2.09. The van der Waals surface area contributed by atoms with Gasteiger partial charge in [0.2, 0.25) is 0 Å². The van der Waals surface area contributed by atoms with Crippen molar-refractivity contribution in [1.29, 1.82) is 0 Å². The Bertz CT molecular complexity index is 593. The lowest BCUT2D eigenvalue weighted by molar-refractivity contribution is 0.633. The van der Waals surface area contributed by atoms with Gasteiger partial charge in [0.05, 0.1) is 5.69 Å². The average Bonchev–Trinajstić information content (AvgIpc) is 2.81. The molecule has 3 rings (SSSR count). The van der Waals surface area contributed by atoms with Crippen molar-refractivity contribution in [3.63, 3.8) is 0 Å². The van der Waals surface area contributed by atoms with E-state index in [-0.39, 0.29) is 11.5 Å². The Balaban J connectivity index is 1.85. The highest BCUT2D eigenvalue weighted by molar-refractivity contribution is 5.63. The van der Waals surface area contributed by atoms with E-state index < -0.39 is 0 Å². The topological polar surface area (TPSA) is 38.0 Å². The van der Waals surface area contributed by atoms with E-state index in [1.807, 2.05) is 6.07 Å². The second-order valence-corrected chi connectivity index (χ2v) is 4.70. The van der Waals surface area contributed by atoms with Gasteiger partial charge in [0.15, 0.2) is 0 Å². The quantitative estimate of drug-likeness (QED) is 0.789. The van der Waals surface area contributed by atoms with Crippen LogP contribution < -0.4 is 11.1 Å². The maximum Gasteiger partial charge on any atom is 0.148 e. The molecule has 0 spiro atoms. The summed E-state index contributed by atoms with van der Waals surface area (Å²) in [5.41, 5.74) is 10.2. The predicted octanol–water partition coefficient (Wildman–Crippen LogP) is 3.64. The molecule has 3 heteroatoms. The molecule has 0 aromatic heterocycles. The van der Waals surface area contributed by atoms with E-state index in [9.17, 15) is 4.39 Å². The third kappa shape index (κ3) is 2.04. The van der Waals surface area contributed by atoms with Crippen LogP contribution in [0.5, 0.6) is 0 Å². The van der Waals surface area contributed by atoms with Crippen LogP contribution in [0.2, 0.25) is 0 Å². The molecule has 0 unspecified atom stereocenters. The van der Waals surface area contributed by atoms with Crippen LogP contribution in [0.1, 0.15) is 17.5 Å². The van der Waals surface area contributed by atoms with Crippen LogP contribution in [0.4, 0.5) is 21.5 Å². The summed E-state index contributed by atoms with van der Waals surface area (Å²) in [4.78, 5) is 0. The van der Waals surface area contributed by atoms with Crippen LogP contribution >= 0.6 is 0 Å². The molecule has 1 aliphatic carbocycles. The maximum atomic E-state index is 13.3. The number of hydrogen-bond donors (Lipinski definition) is 2. The summed E-state index contributed by atoms with van der Waals surface area (Å²) >= 11 is 0. The second-order valence-electron chi connectivity index (χ2n) is 4.70. The van der Waals surface area contributed by atoms with Crippen molar-refractivity contribution in [3.8, 4) is 0 Å². The highest BCUT2D eigenvalue weighted by Crippen LogP contribution is 2.27. The summed E-state index contributed by atoms with van der Waals surface area (Å²) < 4.78 is 13.3. The van der Waals surface area contributed by atoms with Crippen molar-refractivity contribution in [2.75, 3.05) is 11.1 Å². The summed E-state index contributed by atoms with van der Waals surface area (Å²) in [6.45, 7) is 0. The maximum absolute atomic E-state index is 13.3. The van der Waals surface area contributed by atoms with Crippen LogP contribution in [0.15, 0.2) is 36.4 Å². The van der Waals surface area contributed by atoms with Crippen molar-refractivity contribution >= 4 is 17.1 Å². The van der Waals surface area contributed by atoms with Crippen molar-refractivity contribution in [3.05, 3.63) is 53.3 Å². The molecular weight excluding hydrogens is 227 g/mol. The molecule has 0 radical (unpaired) electrons. The van der Waals surface area contributed by atoms with Crippen molar-refractivity contribution in [1.82, 2.24) is 0 Å². The normalized spacial score (nSPS) is 13.4. The molecule has 0 saturated heterocycles. The fourth-order valence-corrected chi connectivity index (χ4v) is 2.42. The highest BCUT2D eigenvalue weighted by Gasteiger charge is 2.10. The van der Waals surface area contributed by atoms with E-state index in [0.717, 1.165) is 17.8 Å². The molecule has 0 saturated carbocycles. The van der Waals surface area contributed by atoms with Gasteiger partial charge in [-0.2, -0.15) is 0 Å². The van der Waals surface area contributed by atoms with Crippen LogP contribution in [0.25, 0.3) is 0 Å². The van der Waals surface area contributed by atoms with Gasteiger partial charge < -0.3 is 11.1 Å². The molecule has 2 aromatic rings. The molecule has 1 aliphatic rings. The third-order valence-corrected chi connectivity index (χ3v) is 3.39. The first-order valence-corrected chi connectivity index (χ1v) is 6.16. The summed E-state index contributed by atoms with van der Waals surface area (Å²) in [6, 6.07) is 11.1. The molecule has 3 N–H and O–H groups in total. The van der Waals surface area contributed by atoms with E-state index in [0.29, 0.717) is 0 Å². The number of aryl methyl sites for hydroxylation is 2. The average molecular weight is 242 g/mol. The first-order valence-electron chi connectivity index (χ1n) is 6.16. The van der Waals surface area contributed by atoms with E-state index in [4.69, 9.17) is 5.73 Å². The summed E-state index contributed by atoms with van der Waals surface area (Å²) in [5, 5.41) is 3.21. The minimum absolute atomic E-state index is 0.175. The number of rotatable bonds is 2. The first kappa shape index (κ1) is 11.1. The second kappa shape index (κ2) is 4.33. The number of nitrogen functional groups attached to an aromatic ring is 1. The van der Waals surface area contributed by atoms with Gasteiger partial charge >= 0.3 is 0 Å². The molecule has 0 atom stereocenters. The Morgan fingerprint density at radius 1 is 0.944 bits per heavy atom. The number of anilines is 3. The molecule has 2 aromatic carbocycles. The van der Waals surface area contributed by atoms with Gasteiger partial charge in [-0.3, -0.25) is 0 Å². The lowest BCUT2D eigenvalue weighted by atomic mass is 10.1. The molecule has 0 amide bonds. The zero-order valence-corrected chi connectivity index (χ0v) is 10.0. The smallest absolute Gasteiger partial charge is 0.148 e. The molecular formula is C15H15FN2. The van der Waals surface area contributed by atoms with E-state index >= 15 is 0 Å². The number of nitrogens with two attached hydrogens (primary N) is 1. The number of fused-ring (bicyclic) bond motifs is 1. The molecule has 0 aliphatic heterocycles. The minimum Gasteiger partial charge on any atom is -0.396 e. The third-order valence-electron chi connectivity index (χ3n) is 3.39. The van der Waals surface area contributed by atoms with Crippen LogP contribution in [0.3, 0.4) is 0 Å². The molecule has 2 nitrogen and oxygen atoms in total. The van der Waals surface area contributed by atoms with Crippen molar-refractivity contribution in [2.45, 2.75) is 19.3 Å². The van der Waals surface area contributed by atoms with Gasteiger partial charge in [-0.05, 0) is 60.7 Å². The van der Waals surface area contributed by atoms with Crippen LogP contribution in [-0.2, 0) is 12.8 Å². The van der Waals surface area contributed by atoms with Crippen LogP contribution in [-0.4, -0.2) is 0 Å². The molecule has 0 heterocycles. The Hall–Kier alpha value is -2.03. The van der Waals surface area contributed by atoms with Gasteiger partial charge in [-0.25, -0.2) is 4.39 Å². The van der Waals surface area contributed by atoms with Crippen LogP contribution in [0, 0.1) is 5.82 Å². The van der Waals surface area contributed by atoms with Crippen molar-refractivity contribution in [2.24, 2.45) is 0 Å². The zero-order valence-electron chi connectivity index (χ0n) is 10.0. The van der Waals surface area contributed by atoms with Crippen molar-refractivity contribution < 1.29 is 4.39 Å². The summed E-state index contributed by atoms with van der Waals surface area (Å²) in [7, 11) is 0. The number of benzene rings is 2. The van der Waals surface area contributed by atoms with E-state index in [1.165, 1.54) is 30.0 Å². The van der Waals surface area contributed by atoms with Gasteiger partial charge in [0.25, 0.3) is 0 Å². The Morgan fingerprint density at radius 3 is 2.50 bits per heavy atom. The fraction of sp³-hybridized carbons (Fsp3) is 0.200. The molecule has 0 fully saturated rings. The Kier molecular flexibility index (Phi) is 2.67. The SMILES string of the molecule is Nc1ccc(Nc2ccc3c(c2)CCC3)cc1F. The Morgan fingerprint density at radius 2 is 1.67 bits per heavy atom. The molecule has 0 bridgehead atoms. The van der Waals surface area contributed by atoms with E-state index in [1.54, 1.807) is 12.1 Å². The number of hydrogen-bond acceptors (Lipinski definition) is 2. The zero-order chi connectivity index (χ0) is 12.5. The summed E-state index contributed by atoms with van der Waals surface area (Å²) in [6.07, 6.45) is 3.54. The number of halogens is 1. The van der Waals surface area contributed by atoms with Gasteiger partial charge in [-0.1, -0.05) is 6.07 Å². The van der Waals surface area contributed by atoms with Gasteiger partial charge in [0, 0.05) is 11.4 Å². The highest BCUT2D eigenvalue weighted by atomic mass is 19.1. The largest absolute Gasteiger partial charge is 0.396 e. The first-order chi connectivity index (χ1) is 8.72. The standard InChI is InChI=1S/C15H15FN2/c16-14-9-13(6-7-15(14)17)18-12-5-4-10-2-1-3-11(10)8-12/h4-9,18H,1-3,17H2. The monoisotopic (exact) mass is 242 g/mol. The van der Waals surface area contributed by atoms with E-state index in [2.05, 4.69) is 17.4 Å².